The van der Waals surface area contributed by atoms with E-state index >= 15 is 0 Å². The van der Waals surface area contributed by atoms with Gasteiger partial charge in [0.1, 0.15) is 0 Å². The topological polar surface area (TPSA) is 0 Å². The number of hydrogen-bond acceptors (Lipinski definition) is 0. The van der Waals surface area contributed by atoms with Gasteiger partial charge in [0.2, 0.25) is 0 Å². The van der Waals surface area contributed by atoms with Crippen molar-refractivity contribution in [1.82, 2.24) is 0 Å². The van der Waals surface area contributed by atoms with Crippen LogP contribution >= 0.6 is 0 Å². The molecule has 0 bridgehead atoms. The Balaban J connectivity index is 2.11. The summed E-state index contributed by atoms with van der Waals surface area (Å²) >= 11 is 0. The maximum atomic E-state index is 2.54. The Bertz CT molecular complexity index is 197. The smallest absolute Gasteiger partial charge is 0.0789 e. The van der Waals surface area contributed by atoms with Crippen molar-refractivity contribution in [3.8, 4) is 0 Å². The minimum absolute atomic E-state index is 0.765. The average Bonchev–Trinajstić information content (AvgIpc) is 2.33. The normalized spacial score (nSPS) is 27.9. The van der Waals surface area contributed by atoms with Crippen molar-refractivity contribution in [3.63, 3.8) is 0 Å². The summed E-state index contributed by atoms with van der Waals surface area (Å²) in [5, 5.41) is 1.80. The largest absolute Gasteiger partial charge is 0.0809 e. The van der Waals surface area contributed by atoms with Crippen LogP contribution < -0.4 is 0 Å². The molecule has 1 heterocycles. The van der Waals surface area contributed by atoms with Crippen LogP contribution in [0.2, 0.25) is 18.6 Å². The SMILES string of the molecule is C[Si]1(C2=CC=CC2)CCC1. The maximum Gasteiger partial charge on any atom is 0.0789 e. The van der Waals surface area contributed by atoms with E-state index in [0.717, 1.165) is 0 Å². The zero-order chi connectivity index (χ0) is 7.03. The fourth-order valence-corrected chi connectivity index (χ4v) is 5.09. The van der Waals surface area contributed by atoms with E-state index in [0.29, 0.717) is 0 Å². The second-order valence-electron chi connectivity index (χ2n) is 3.74. The average molecular weight is 150 g/mol. The van der Waals surface area contributed by atoms with Crippen molar-refractivity contribution in [2.75, 3.05) is 0 Å². The van der Waals surface area contributed by atoms with Crippen LogP contribution in [0.1, 0.15) is 12.8 Å². The molecule has 1 heteroatoms. The zero-order valence-electron chi connectivity index (χ0n) is 6.56. The molecule has 2 aliphatic rings. The molecule has 0 unspecified atom stereocenters. The minimum atomic E-state index is -0.765. The van der Waals surface area contributed by atoms with Crippen molar-refractivity contribution in [3.05, 3.63) is 23.4 Å². The fourth-order valence-electron chi connectivity index (χ4n) is 1.92. The molecule has 0 N–H and O–H groups in total. The van der Waals surface area contributed by atoms with Crippen LogP contribution in [-0.2, 0) is 0 Å². The zero-order valence-corrected chi connectivity index (χ0v) is 7.56. The monoisotopic (exact) mass is 150 g/mol. The third-order valence-corrected chi connectivity index (χ3v) is 7.84. The Hall–Kier alpha value is -0.303. The molecule has 0 saturated carbocycles. The lowest BCUT2D eigenvalue weighted by Gasteiger charge is -2.37. The van der Waals surface area contributed by atoms with Gasteiger partial charge in [-0.25, -0.2) is 0 Å². The van der Waals surface area contributed by atoms with Gasteiger partial charge >= 0.3 is 0 Å². The molecule has 0 aromatic carbocycles. The molecule has 0 spiro atoms. The molecule has 1 saturated heterocycles. The van der Waals surface area contributed by atoms with Crippen LogP contribution in [-0.4, -0.2) is 8.07 Å². The molecule has 1 aliphatic carbocycles. The summed E-state index contributed by atoms with van der Waals surface area (Å²) in [4.78, 5) is 0. The van der Waals surface area contributed by atoms with Crippen molar-refractivity contribution in [2.45, 2.75) is 31.5 Å². The van der Waals surface area contributed by atoms with Crippen LogP contribution in [0, 0.1) is 0 Å². The van der Waals surface area contributed by atoms with E-state index in [1.54, 1.807) is 17.3 Å². The highest BCUT2D eigenvalue weighted by Crippen LogP contribution is 2.40. The second kappa shape index (κ2) is 2.09. The molecule has 0 aromatic heterocycles. The molecule has 2 rings (SSSR count). The van der Waals surface area contributed by atoms with Gasteiger partial charge in [0.15, 0.2) is 0 Å². The van der Waals surface area contributed by atoms with E-state index < -0.39 is 8.07 Å². The van der Waals surface area contributed by atoms with Gasteiger partial charge in [-0.05, 0) is 6.42 Å². The van der Waals surface area contributed by atoms with Gasteiger partial charge in [-0.2, -0.15) is 0 Å². The Morgan fingerprint density at radius 3 is 2.60 bits per heavy atom. The summed E-state index contributed by atoms with van der Waals surface area (Å²) in [5.74, 6) is 0. The predicted molar refractivity (Wildman–Crippen MR) is 47.7 cm³/mol. The standard InChI is InChI=1S/C9H14Si/c1-10(7-4-8-10)9-5-2-3-6-9/h2-3,5H,4,6-8H2,1H3. The Morgan fingerprint density at radius 2 is 2.20 bits per heavy atom. The molecule has 1 fully saturated rings. The fraction of sp³-hybridized carbons (Fsp3) is 0.556. The molecule has 0 aromatic rings. The van der Waals surface area contributed by atoms with Gasteiger partial charge in [0.05, 0.1) is 8.07 Å². The van der Waals surface area contributed by atoms with Crippen molar-refractivity contribution in [1.29, 1.82) is 0 Å². The lowest BCUT2D eigenvalue weighted by Crippen LogP contribution is -2.39. The maximum absolute atomic E-state index is 2.54. The van der Waals surface area contributed by atoms with Crippen LogP contribution in [0.25, 0.3) is 0 Å². The number of allylic oxidation sites excluding steroid dienone is 4. The number of rotatable bonds is 1. The summed E-state index contributed by atoms with van der Waals surface area (Å²) in [6.07, 6.45) is 9.67. The van der Waals surface area contributed by atoms with E-state index in [9.17, 15) is 0 Å². The van der Waals surface area contributed by atoms with Gasteiger partial charge in [-0.1, -0.05) is 48.5 Å². The molecule has 0 atom stereocenters. The summed E-state index contributed by atoms with van der Waals surface area (Å²) in [6, 6.07) is 3.11. The van der Waals surface area contributed by atoms with Crippen LogP contribution in [0.5, 0.6) is 0 Å². The first-order valence-electron chi connectivity index (χ1n) is 4.17. The lowest BCUT2D eigenvalue weighted by atomic mass is 10.5. The van der Waals surface area contributed by atoms with Crippen LogP contribution in [0.4, 0.5) is 0 Å². The van der Waals surface area contributed by atoms with E-state index in [1.165, 1.54) is 12.8 Å². The molecule has 1 aliphatic heterocycles. The van der Waals surface area contributed by atoms with E-state index in [1.807, 2.05) is 0 Å². The Morgan fingerprint density at radius 1 is 1.40 bits per heavy atom. The van der Waals surface area contributed by atoms with Crippen LogP contribution in [0.3, 0.4) is 0 Å². The van der Waals surface area contributed by atoms with E-state index in [4.69, 9.17) is 0 Å². The Kier molecular flexibility index (Phi) is 1.34. The van der Waals surface area contributed by atoms with Gasteiger partial charge in [0.25, 0.3) is 0 Å². The molecule has 0 amide bonds. The highest BCUT2D eigenvalue weighted by molar-refractivity contribution is 6.87. The summed E-state index contributed by atoms with van der Waals surface area (Å²) in [7, 11) is -0.765. The third-order valence-electron chi connectivity index (χ3n) is 3.00. The first-order valence-corrected chi connectivity index (χ1v) is 7.09. The first kappa shape index (κ1) is 6.41. The van der Waals surface area contributed by atoms with Gasteiger partial charge < -0.3 is 0 Å². The van der Waals surface area contributed by atoms with E-state index in [-0.39, 0.29) is 0 Å². The molecule has 0 nitrogen and oxygen atoms in total. The molecular weight excluding hydrogens is 136 g/mol. The first-order chi connectivity index (χ1) is 4.81. The quantitative estimate of drug-likeness (QED) is 0.504. The van der Waals surface area contributed by atoms with Crippen LogP contribution in [0.15, 0.2) is 23.4 Å². The summed E-state index contributed by atoms with van der Waals surface area (Å²) in [5.41, 5.74) is 0. The van der Waals surface area contributed by atoms with Crippen molar-refractivity contribution >= 4 is 8.07 Å². The van der Waals surface area contributed by atoms with E-state index in [2.05, 4.69) is 24.8 Å². The lowest BCUT2D eigenvalue weighted by molar-refractivity contribution is 0.901. The predicted octanol–water partition coefficient (Wildman–Crippen LogP) is 2.89. The molecule has 10 heavy (non-hydrogen) atoms. The third kappa shape index (κ3) is 0.806. The second-order valence-corrected chi connectivity index (χ2v) is 8.50. The van der Waals surface area contributed by atoms with Gasteiger partial charge in [0, 0.05) is 0 Å². The Labute approximate surface area is 63.6 Å². The minimum Gasteiger partial charge on any atom is -0.0809 e. The summed E-state index contributed by atoms with van der Waals surface area (Å²) < 4.78 is 0. The highest BCUT2D eigenvalue weighted by Gasteiger charge is 2.37. The molecule has 54 valence electrons. The summed E-state index contributed by atoms with van der Waals surface area (Å²) in [6.45, 7) is 2.54. The van der Waals surface area contributed by atoms with Gasteiger partial charge in [-0.3, -0.25) is 0 Å². The number of hydrogen-bond donors (Lipinski definition) is 0. The molecule has 0 radical (unpaired) electrons. The van der Waals surface area contributed by atoms with Crippen molar-refractivity contribution in [2.24, 2.45) is 0 Å². The van der Waals surface area contributed by atoms with Gasteiger partial charge in [-0.15, -0.1) is 0 Å². The van der Waals surface area contributed by atoms with Crippen molar-refractivity contribution < 1.29 is 0 Å². The molecular formula is C9H14Si. The highest BCUT2D eigenvalue weighted by atomic mass is 28.3.